The maximum atomic E-state index is 5.99. The number of thiazole rings is 1. The molecule has 0 radical (unpaired) electrons. The maximum Gasteiger partial charge on any atom is 0.169 e. The predicted molar refractivity (Wildman–Crippen MR) is 101 cm³/mol. The fourth-order valence-corrected chi connectivity index (χ4v) is 3.15. The SMILES string of the molecule is CC(C)Cc1cc(OCc2nccs2)c2[nH]nc(NC(N)=S)c2c1. The van der Waals surface area contributed by atoms with Crippen LogP contribution in [0, 0.1) is 5.92 Å². The van der Waals surface area contributed by atoms with Crippen LogP contribution in [0.15, 0.2) is 23.7 Å². The third-order valence-corrected chi connectivity index (χ3v) is 4.27. The molecule has 0 bridgehead atoms. The summed E-state index contributed by atoms with van der Waals surface area (Å²) in [5, 5.41) is 14.1. The van der Waals surface area contributed by atoms with Crippen molar-refractivity contribution in [3.05, 3.63) is 34.3 Å². The number of anilines is 1. The zero-order valence-corrected chi connectivity index (χ0v) is 15.1. The Labute approximate surface area is 149 Å². The van der Waals surface area contributed by atoms with Crippen molar-refractivity contribution in [3.63, 3.8) is 0 Å². The van der Waals surface area contributed by atoms with E-state index < -0.39 is 0 Å². The van der Waals surface area contributed by atoms with Gasteiger partial charge in [-0.3, -0.25) is 5.10 Å². The molecule has 0 unspecified atom stereocenters. The molecule has 2 heterocycles. The van der Waals surface area contributed by atoms with Crippen LogP contribution in [0.25, 0.3) is 10.9 Å². The van der Waals surface area contributed by atoms with Crippen LogP contribution in [0.2, 0.25) is 0 Å². The number of nitrogens with one attached hydrogen (secondary N) is 2. The fraction of sp³-hybridized carbons (Fsp3) is 0.312. The number of benzene rings is 1. The number of hydrogen-bond acceptors (Lipinski definition) is 5. The molecule has 0 aliphatic heterocycles. The highest BCUT2D eigenvalue weighted by atomic mass is 32.1. The van der Waals surface area contributed by atoms with E-state index >= 15 is 0 Å². The molecule has 0 saturated carbocycles. The van der Waals surface area contributed by atoms with Crippen LogP contribution in [0.1, 0.15) is 24.4 Å². The summed E-state index contributed by atoms with van der Waals surface area (Å²) in [7, 11) is 0. The Hall–Kier alpha value is -2.19. The van der Waals surface area contributed by atoms with Gasteiger partial charge in [-0.25, -0.2) is 4.98 Å². The molecule has 6 nitrogen and oxygen atoms in total. The molecule has 2 aromatic heterocycles. The van der Waals surface area contributed by atoms with Crippen LogP contribution in [0.4, 0.5) is 5.82 Å². The van der Waals surface area contributed by atoms with Crippen molar-refractivity contribution in [2.75, 3.05) is 5.32 Å². The zero-order chi connectivity index (χ0) is 17.1. The molecule has 0 fully saturated rings. The van der Waals surface area contributed by atoms with E-state index in [9.17, 15) is 0 Å². The first-order valence-electron chi connectivity index (χ1n) is 7.61. The summed E-state index contributed by atoms with van der Waals surface area (Å²) in [4.78, 5) is 4.25. The van der Waals surface area contributed by atoms with Gasteiger partial charge in [0.2, 0.25) is 0 Å². The van der Waals surface area contributed by atoms with Gasteiger partial charge in [-0.15, -0.1) is 11.3 Å². The summed E-state index contributed by atoms with van der Waals surface area (Å²) >= 11 is 6.49. The lowest BCUT2D eigenvalue weighted by Crippen LogP contribution is -2.19. The van der Waals surface area contributed by atoms with Gasteiger partial charge in [0.25, 0.3) is 0 Å². The number of thiocarbonyl (C=S) groups is 1. The van der Waals surface area contributed by atoms with Crippen LogP contribution in [-0.4, -0.2) is 20.3 Å². The van der Waals surface area contributed by atoms with E-state index in [1.54, 1.807) is 17.5 Å². The van der Waals surface area contributed by atoms with Gasteiger partial charge >= 0.3 is 0 Å². The van der Waals surface area contributed by atoms with Gasteiger partial charge in [-0.2, -0.15) is 5.10 Å². The van der Waals surface area contributed by atoms with Crippen molar-refractivity contribution in [1.29, 1.82) is 0 Å². The molecule has 0 aliphatic carbocycles. The van der Waals surface area contributed by atoms with Crippen LogP contribution >= 0.6 is 23.6 Å². The largest absolute Gasteiger partial charge is 0.484 e. The monoisotopic (exact) mass is 361 g/mol. The Bertz CT molecular complexity index is 842. The molecule has 0 atom stereocenters. The first-order valence-corrected chi connectivity index (χ1v) is 8.90. The molecule has 0 saturated heterocycles. The second-order valence-electron chi connectivity index (χ2n) is 5.89. The van der Waals surface area contributed by atoms with Gasteiger partial charge in [-0.05, 0) is 42.3 Å². The van der Waals surface area contributed by atoms with E-state index in [4.69, 9.17) is 22.7 Å². The first-order chi connectivity index (χ1) is 11.5. The number of hydrogen-bond donors (Lipinski definition) is 3. The molecular weight excluding hydrogens is 342 g/mol. The summed E-state index contributed by atoms with van der Waals surface area (Å²) in [6.45, 7) is 4.79. The summed E-state index contributed by atoms with van der Waals surface area (Å²) in [5.74, 6) is 1.90. The molecule has 0 aliphatic rings. The molecule has 4 N–H and O–H groups in total. The second-order valence-corrected chi connectivity index (χ2v) is 7.31. The smallest absolute Gasteiger partial charge is 0.169 e. The molecular formula is C16H19N5OS2. The average molecular weight is 361 g/mol. The van der Waals surface area contributed by atoms with Crippen molar-refractivity contribution in [2.45, 2.75) is 26.9 Å². The molecule has 1 aromatic carbocycles. The van der Waals surface area contributed by atoms with Crippen molar-refractivity contribution >= 4 is 45.4 Å². The highest BCUT2D eigenvalue weighted by Crippen LogP contribution is 2.32. The Morgan fingerprint density at radius 3 is 2.96 bits per heavy atom. The summed E-state index contributed by atoms with van der Waals surface area (Å²) in [6.07, 6.45) is 2.72. The molecule has 8 heteroatoms. The Morgan fingerprint density at radius 1 is 1.46 bits per heavy atom. The van der Waals surface area contributed by atoms with Crippen LogP contribution < -0.4 is 15.8 Å². The van der Waals surface area contributed by atoms with Gasteiger partial charge in [0, 0.05) is 17.0 Å². The molecule has 24 heavy (non-hydrogen) atoms. The van der Waals surface area contributed by atoms with Gasteiger partial charge in [0.05, 0.1) is 0 Å². The van der Waals surface area contributed by atoms with Crippen LogP contribution in [0.5, 0.6) is 5.75 Å². The standard InChI is InChI=1S/C16H19N5OS2/c1-9(2)5-10-6-11-14(20-21-15(11)19-16(17)23)12(7-10)22-8-13-18-3-4-24-13/h3-4,6-7,9H,5,8H2,1-2H3,(H4,17,19,20,21,23). The third-order valence-electron chi connectivity index (χ3n) is 3.42. The van der Waals surface area contributed by atoms with E-state index in [1.165, 1.54) is 5.56 Å². The minimum atomic E-state index is 0.183. The van der Waals surface area contributed by atoms with Crippen LogP contribution in [0.3, 0.4) is 0 Å². The Kier molecular flexibility index (Phi) is 4.96. The number of aromatic nitrogens is 3. The quantitative estimate of drug-likeness (QED) is 0.583. The summed E-state index contributed by atoms with van der Waals surface area (Å²) < 4.78 is 5.99. The lowest BCUT2D eigenvalue weighted by atomic mass is 10.0. The minimum absolute atomic E-state index is 0.183. The third kappa shape index (κ3) is 3.82. The van der Waals surface area contributed by atoms with Crippen molar-refractivity contribution < 1.29 is 4.74 Å². The van der Waals surface area contributed by atoms with E-state index in [1.807, 2.05) is 5.38 Å². The first kappa shape index (κ1) is 16.7. The van der Waals surface area contributed by atoms with Crippen molar-refractivity contribution in [2.24, 2.45) is 11.7 Å². The number of nitrogens with two attached hydrogens (primary N) is 1. The maximum absolute atomic E-state index is 5.99. The molecule has 3 aromatic rings. The fourth-order valence-electron chi connectivity index (χ4n) is 2.53. The molecule has 0 spiro atoms. The highest BCUT2D eigenvalue weighted by Gasteiger charge is 2.14. The molecule has 0 amide bonds. The van der Waals surface area contributed by atoms with E-state index in [-0.39, 0.29) is 5.11 Å². The topological polar surface area (TPSA) is 88.8 Å². The number of fused-ring (bicyclic) bond motifs is 1. The second kappa shape index (κ2) is 7.14. The van der Waals surface area contributed by atoms with Crippen molar-refractivity contribution in [3.8, 4) is 5.75 Å². The number of H-pyrrole nitrogens is 1. The molecule has 126 valence electrons. The Morgan fingerprint density at radius 2 is 2.29 bits per heavy atom. The highest BCUT2D eigenvalue weighted by molar-refractivity contribution is 7.80. The Balaban J connectivity index is 1.98. The number of ether oxygens (including phenoxy) is 1. The van der Waals surface area contributed by atoms with Gasteiger partial charge in [0.1, 0.15) is 22.9 Å². The summed E-state index contributed by atoms with van der Waals surface area (Å²) in [5.41, 5.74) is 7.58. The van der Waals surface area contributed by atoms with Crippen LogP contribution in [-0.2, 0) is 13.0 Å². The zero-order valence-electron chi connectivity index (χ0n) is 13.5. The van der Waals surface area contributed by atoms with Gasteiger partial charge in [0.15, 0.2) is 10.9 Å². The predicted octanol–water partition coefficient (Wildman–Crippen LogP) is 3.45. The van der Waals surface area contributed by atoms with E-state index in [0.717, 1.165) is 28.1 Å². The average Bonchev–Trinajstić information content (AvgIpc) is 3.14. The van der Waals surface area contributed by atoms with E-state index in [2.05, 4.69) is 46.5 Å². The minimum Gasteiger partial charge on any atom is -0.484 e. The normalized spacial score (nSPS) is 11.1. The molecule has 3 rings (SSSR count). The van der Waals surface area contributed by atoms with Crippen molar-refractivity contribution in [1.82, 2.24) is 15.2 Å². The van der Waals surface area contributed by atoms with Gasteiger partial charge < -0.3 is 15.8 Å². The lowest BCUT2D eigenvalue weighted by molar-refractivity contribution is 0.308. The lowest BCUT2D eigenvalue weighted by Gasteiger charge is -2.11. The van der Waals surface area contributed by atoms with E-state index in [0.29, 0.717) is 18.3 Å². The number of rotatable bonds is 6. The number of nitrogens with zero attached hydrogens (tertiary/aromatic N) is 2. The summed E-state index contributed by atoms with van der Waals surface area (Å²) in [6, 6.07) is 4.15. The van der Waals surface area contributed by atoms with Gasteiger partial charge in [-0.1, -0.05) is 13.8 Å². The number of aromatic amines is 1.